The number of amides is 2. The van der Waals surface area contributed by atoms with Gasteiger partial charge in [-0.05, 0) is 37.5 Å². The van der Waals surface area contributed by atoms with Crippen LogP contribution < -0.4 is 5.32 Å². The van der Waals surface area contributed by atoms with Crippen molar-refractivity contribution >= 4 is 17.5 Å². The van der Waals surface area contributed by atoms with Crippen LogP contribution in [0, 0.1) is 0 Å². The van der Waals surface area contributed by atoms with E-state index in [1.54, 1.807) is 19.0 Å². The predicted octanol–water partition coefficient (Wildman–Crippen LogP) is 1.59. The molecule has 0 fully saturated rings. The van der Waals surface area contributed by atoms with E-state index in [-0.39, 0.29) is 18.4 Å². The van der Waals surface area contributed by atoms with E-state index in [0.29, 0.717) is 12.1 Å². The Kier molecular flexibility index (Phi) is 4.83. The number of hydrogen-bond acceptors (Lipinski definition) is 3. The summed E-state index contributed by atoms with van der Waals surface area (Å²) in [6.45, 7) is 3.49. The Morgan fingerprint density at radius 1 is 1.29 bits per heavy atom. The molecule has 1 aromatic carbocycles. The van der Waals surface area contributed by atoms with Gasteiger partial charge in [0.25, 0.3) is 5.91 Å². The Labute approximate surface area is 125 Å². The van der Waals surface area contributed by atoms with Crippen LogP contribution in [0.2, 0.25) is 0 Å². The van der Waals surface area contributed by atoms with Gasteiger partial charge in [0.15, 0.2) is 0 Å². The second-order valence-electron chi connectivity index (χ2n) is 5.47. The first-order chi connectivity index (χ1) is 10.0. The van der Waals surface area contributed by atoms with E-state index in [1.165, 1.54) is 4.90 Å². The summed E-state index contributed by atoms with van der Waals surface area (Å²) in [6.07, 6.45) is 1.93. The fourth-order valence-corrected chi connectivity index (χ4v) is 2.51. The maximum Gasteiger partial charge on any atom is 0.254 e. The van der Waals surface area contributed by atoms with E-state index >= 15 is 0 Å². The van der Waals surface area contributed by atoms with Crippen molar-refractivity contribution < 1.29 is 9.59 Å². The Morgan fingerprint density at radius 2 is 2.05 bits per heavy atom. The Morgan fingerprint density at radius 3 is 2.71 bits per heavy atom. The number of benzene rings is 1. The van der Waals surface area contributed by atoms with Gasteiger partial charge in [-0.15, -0.1) is 0 Å². The smallest absolute Gasteiger partial charge is 0.254 e. The third-order valence-corrected chi connectivity index (χ3v) is 3.82. The minimum absolute atomic E-state index is 0.0618. The first-order valence-corrected chi connectivity index (χ1v) is 7.39. The van der Waals surface area contributed by atoms with Crippen LogP contribution in [-0.2, 0) is 11.2 Å². The van der Waals surface area contributed by atoms with Gasteiger partial charge in [0, 0.05) is 38.4 Å². The SMILES string of the molecule is CCN(CC(=O)N(C)C)C(=O)c1cccc2c1CCCN2. The number of anilines is 1. The number of carbonyl (C=O) groups excluding carboxylic acids is 2. The average Bonchev–Trinajstić information content (AvgIpc) is 2.51. The first kappa shape index (κ1) is 15.4. The summed E-state index contributed by atoms with van der Waals surface area (Å²) in [5.41, 5.74) is 2.83. The summed E-state index contributed by atoms with van der Waals surface area (Å²) < 4.78 is 0. The summed E-state index contributed by atoms with van der Waals surface area (Å²) in [6, 6.07) is 5.76. The predicted molar refractivity (Wildman–Crippen MR) is 83.5 cm³/mol. The molecule has 1 aromatic rings. The fourth-order valence-electron chi connectivity index (χ4n) is 2.51. The number of carbonyl (C=O) groups is 2. The number of rotatable bonds is 4. The lowest BCUT2D eigenvalue weighted by atomic mass is 9.97. The number of likely N-dealkylation sites (N-methyl/N-ethyl adjacent to an activating group) is 2. The molecule has 2 amide bonds. The molecule has 0 atom stereocenters. The second kappa shape index (κ2) is 6.61. The highest BCUT2D eigenvalue weighted by Crippen LogP contribution is 2.26. The minimum Gasteiger partial charge on any atom is -0.385 e. The molecule has 1 aliphatic heterocycles. The summed E-state index contributed by atoms with van der Waals surface area (Å²) in [7, 11) is 3.41. The third kappa shape index (κ3) is 3.35. The van der Waals surface area contributed by atoms with Gasteiger partial charge in [0.1, 0.15) is 0 Å². The van der Waals surface area contributed by atoms with Crippen LogP contribution in [0.4, 0.5) is 5.69 Å². The molecule has 0 radical (unpaired) electrons. The molecule has 21 heavy (non-hydrogen) atoms. The molecule has 0 aromatic heterocycles. The molecule has 114 valence electrons. The minimum atomic E-state index is -0.0619. The molecule has 1 aliphatic rings. The Hall–Kier alpha value is -2.04. The van der Waals surface area contributed by atoms with Gasteiger partial charge < -0.3 is 15.1 Å². The number of hydrogen-bond donors (Lipinski definition) is 1. The van der Waals surface area contributed by atoms with E-state index < -0.39 is 0 Å². The van der Waals surface area contributed by atoms with Crippen LogP contribution in [0.15, 0.2) is 18.2 Å². The van der Waals surface area contributed by atoms with Crippen molar-refractivity contribution in [3.8, 4) is 0 Å². The van der Waals surface area contributed by atoms with Crippen LogP contribution in [-0.4, -0.2) is 55.3 Å². The van der Waals surface area contributed by atoms with Crippen LogP contribution in [0.25, 0.3) is 0 Å². The van der Waals surface area contributed by atoms with E-state index in [9.17, 15) is 9.59 Å². The van der Waals surface area contributed by atoms with Gasteiger partial charge >= 0.3 is 0 Å². The molecule has 5 heteroatoms. The summed E-state index contributed by atoms with van der Waals surface area (Å²) in [5.74, 6) is -0.124. The highest BCUT2D eigenvalue weighted by atomic mass is 16.2. The lowest BCUT2D eigenvalue weighted by Gasteiger charge is -2.26. The molecule has 0 saturated heterocycles. The van der Waals surface area contributed by atoms with Crippen LogP contribution >= 0.6 is 0 Å². The highest BCUT2D eigenvalue weighted by molar-refractivity contribution is 5.99. The topological polar surface area (TPSA) is 52.7 Å². The maximum absolute atomic E-state index is 12.7. The maximum atomic E-state index is 12.7. The van der Waals surface area contributed by atoms with Gasteiger partial charge in [0.05, 0.1) is 6.54 Å². The van der Waals surface area contributed by atoms with Gasteiger partial charge in [0.2, 0.25) is 5.91 Å². The number of fused-ring (bicyclic) bond motifs is 1. The molecular formula is C16H23N3O2. The monoisotopic (exact) mass is 289 g/mol. The van der Waals surface area contributed by atoms with Gasteiger partial charge in [-0.1, -0.05) is 6.07 Å². The number of nitrogens with zero attached hydrogens (tertiary/aromatic N) is 2. The third-order valence-electron chi connectivity index (χ3n) is 3.82. The standard InChI is InChI=1S/C16H23N3O2/c1-4-19(11-15(20)18(2)3)16(21)13-7-5-9-14-12(13)8-6-10-17-14/h5,7,9,17H,4,6,8,10-11H2,1-3H3. The van der Waals surface area contributed by atoms with E-state index in [0.717, 1.165) is 30.6 Å². The first-order valence-electron chi connectivity index (χ1n) is 7.39. The molecule has 1 heterocycles. The second-order valence-corrected chi connectivity index (χ2v) is 5.47. The quantitative estimate of drug-likeness (QED) is 0.916. The van der Waals surface area contributed by atoms with E-state index in [2.05, 4.69) is 5.32 Å². The Bertz CT molecular complexity index is 540. The van der Waals surface area contributed by atoms with Crippen molar-refractivity contribution in [2.75, 3.05) is 39.0 Å². The largest absolute Gasteiger partial charge is 0.385 e. The molecular weight excluding hydrogens is 266 g/mol. The average molecular weight is 289 g/mol. The summed E-state index contributed by atoms with van der Waals surface area (Å²) in [4.78, 5) is 27.7. The molecule has 1 N–H and O–H groups in total. The van der Waals surface area contributed by atoms with Crippen molar-refractivity contribution in [3.63, 3.8) is 0 Å². The Balaban J connectivity index is 2.24. The summed E-state index contributed by atoms with van der Waals surface area (Å²) >= 11 is 0. The van der Waals surface area contributed by atoms with E-state index in [4.69, 9.17) is 0 Å². The summed E-state index contributed by atoms with van der Waals surface area (Å²) in [5, 5.41) is 3.33. The number of nitrogens with one attached hydrogen (secondary N) is 1. The lowest BCUT2D eigenvalue weighted by Crippen LogP contribution is -2.40. The van der Waals surface area contributed by atoms with Gasteiger partial charge in [-0.3, -0.25) is 9.59 Å². The lowest BCUT2D eigenvalue weighted by molar-refractivity contribution is -0.129. The molecule has 2 rings (SSSR count). The normalized spacial score (nSPS) is 13.1. The van der Waals surface area contributed by atoms with Crippen molar-refractivity contribution in [1.82, 2.24) is 9.80 Å². The molecule has 0 saturated carbocycles. The zero-order valence-electron chi connectivity index (χ0n) is 13.0. The highest BCUT2D eigenvalue weighted by Gasteiger charge is 2.23. The zero-order chi connectivity index (χ0) is 15.4. The van der Waals surface area contributed by atoms with Crippen molar-refractivity contribution in [3.05, 3.63) is 29.3 Å². The molecule has 0 bridgehead atoms. The molecule has 0 aliphatic carbocycles. The van der Waals surface area contributed by atoms with E-state index in [1.807, 2.05) is 25.1 Å². The van der Waals surface area contributed by atoms with Gasteiger partial charge in [-0.2, -0.15) is 0 Å². The van der Waals surface area contributed by atoms with Crippen molar-refractivity contribution in [1.29, 1.82) is 0 Å². The van der Waals surface area contributed by atoms with Crippen LogP contribution in [0.5, 0.6) is 0 Å². The molecule has 0 spiro atoms. The van der Waals surface area contributed by atoms with Crippen LogP contribution in [0.1, 0.15) is 29.3 Å². The zero-order valence-corrected chi connectivity index (χ0v) is 13.0. The van der Waals surface area contributed by atoms with Crippen molar-refractivity contribution in [2.24, 2.45) is 0 Å². The molecule has 5 nitrogen and oxygen atoms in total. The fraction of sp³-hybridized carbons (Fsp3) is 0.500. The van der Waals surface area contributed by atoms with Gasteiger partial charge in [-0.25, -0.2) is 0 Å². The molecule has 0 unspecified atom stereocenters. The van der Waals surface area contributed by atoms with Crippen LogP contribution in [0.3, 0.4) is 0 Å². The van der Waals surface area contributed by atoms with Crippen molar-refractivity contribution in [2.45, 2.75) is 19.8 Å².